The number of nitrogens with zero attached hydrogens (tertiary/aromatic N) is 4. The van der Waals surface area contributed by atoms with Gasteiger partial charge in [0.15, 0.2) is 11.6 Å². The first-order valence-electron chi connectivity index (χ1n) is 6.29. The molecule has 6 nitrogen and oxygen atoms in total. The first-order chi connectivity index (χ1) is 9.90. The molecule has 1 N–H and O–H groups in total. The van der Waals surface area contributed by atoms with Gasteiger partial charge in [0, 0.05) is 24.7 Å². The van der Waals surface area contributed by atoms with Crippen LogP contribution in [0.2, 0.25) is 0 Å². The molecule has 0 amide bonds. The molecule has 0 bridgehead atoms. The molecule has 3 rings (SSSR count). The van der Waals surface area contributed by atoms with Gasteiger partial charge in [-0.1, -0.05) is 17.8 Å². The van der Waals surface area contributed by atoms with E-state index in [9.17, 15) is 0 Å². The Morgan fingerprint density at radius 3 is 3.15 bits per heavy atom. The van der Waals surface area contributed by atoms with E-state index < -0.39 is 0 Å². The molecule has 2 aromatic rings. The van der Waals surface area contributed by atoms with Crippen LogP contribution in [-0.4, -0.2) is 33.4 Å². The van der Waals surface area contributed by atoms with E-state index in [-0.39, 0.29) is 0 Å². The van der Waals surface area contributed by atoms with Crippen molar-refractivity contribution in [3.05, 3.63) is 48.4 Å². The number of oxazole rings is 1. The van der Waals surface area contributed by atoms with Crippen molar-refractivity contribution in [2.75, 3.05) is 13.3 Å². The number of amidine groups is 1. The second-order valence-electron chi connectivity index (χ2n) is 4.40. The minimum atomic E-state index is 0.697. The van der Waals surface area contributed by atoms with Crippen LogP contribution in [0.15, 0.2) is 46.6 Å². The number of aliphatic imine (C=N–C) groups is 1. The molecule has 0 fully saturated rings. The van der Waals surface area contributed by atoms with Gasteiger partial charge in [0.2, 0.25) is 0 Å². The van der Waals surface area contributed by atoms with E-state index in [4.69, 9.17) is 4.42 Å². The molecule has 0 aliphatic carbocycles. The molecule has 1 aliphatic rings. The third-order valence-corrected chi connectivity index (χ3v) is 3.82. The molecular formula is C13H15N5OS. The van der Waals surface area contributed by atoms with Gasteiger partial charge < -0.3 is 9.73 Å². The monoisotopic (exact) mass is 289 g/mol. The molecule has 0 unspecified atom stereocenters. The Kier molecular flexibility index (Phi) is 4.29. The first-order valence-corrected chi connectivity index (χ1v) is 7.28. The summed E-state index contributed by atoms with van der Waals surface area (Å²) in [5.41, 5.74) is 2.13. The SMILES string of the molecule is c1cncc(CN2CN=C(SCc3cocn3)NC2)c1. The Bertz CT molecular complexity index is 557. The van der Waals surface area contributed by atoms with Crippen molar-refractivity contribution in [2.24, 2.45) is 4.99 Å². The van der Waals surface area contributed by atoms with Crippen LogP contribution in [0.4, 0.5) is 0 Å². The molecule has 1 aliphatic heterocycles. The highest BCUT2D eigenvalue weighted by Crippen LogP contribution is 2.13. The van der Waals surface area contributed by atoms with Crippen LogP contribution >= 0.6 is 11.8 Å². The van der Waals surface area contributed by atoms with Crippen molar-refractivity contribution in [2.45, 2.75) is 12.3 Å². The lowest BCUT2D eigenvalue weighted by Gasteiger charge is -2.26. The molecule has 3 heterocycles. The summed E-state index contributed by atoms with van der Waals surface area (Å²) in [7, 11) is 0. The topological polar surface area (TPSA) is 66.5 Å². The summed E-state index contributed by atoms with van der Waals surface area (Å²) >= 11 is 1.64. The van der Waals surface area contributed by atoms with Crippen molar-refractivity contribution in [3.63, 3.8) is 0 Å². The maximum Gasteiger partial charge on any atom is 0.180 e. The molecule has 0 atom stereocenters. The van der Waals surface area contributed by atoms with E-state index >= 15 is 0 Å². The van der Waals surface area contributed by atoms with E-state index in [0.29, 0.717) is 6.67 Å². The van der Waals surface area contributed by atoms with Gasteiger partial charge >= 0.3 is 0 Å². The quantitative estimate of drug-likeness (QED) is 0.923. The zero-order chi connectivity index (χ0) is 13.6. The van der Waals surface area contributed by atoms with Gasteiger partial charge in [0.25, 0.3) is 0 Å². The van der Waals surface area contributed by atoms with Gasteiger partial charge in [-0.15, -0.1) is 0 Å². The fraction of sp³-hybridized carbons (Fsp3) is 0.308. The Hall–Kier alpha value is -1.86. The van der Waals surface area contributed by atoms with Crippen LogP contribution in [0, 0.1) is 0 Å². The van der Waals surface area contributed by atoms with E-state index in [1.807, 2.05) is 12.3 Å². The summed E-state index contributed by atoms with van der Waals surface area (Å²) < 4.78 is 4.94. The van der Waals surface area contributed by atoms with Gasteiger partial charge in [0.1, 0.15) is 6.26 Å². The summed E-state index contributed by atoms with van der Waals surface area (Å²) in [6.07, 6.45) is 6.78. The third-order valence-electron chi connectivity index (χ3n) is 2.84. The standard InChI is InChI=1S/C13H15N5OS/c1-2-11(4-14-3-1)5-18-8-15-13(16-9-18)20-7-12-6-19-10-17-12/h1-4,6,10H,5,7-9H2,(H,15,16). The zero-order valence-corrected chi connectivity index (χ0v) is 11.7. The van der Waals surface area contributed by atoms with Crippen molar-refractivity contribution in [1.82, 2.24) is 20.2 Å². The number of rotatable bonds is 4. The van der Waals surface area contributed by atoms with Gasteiger partial charge in [-0.3, -0.25) is 9.88 Å². The second-order valence-corrected chi connectivity index (χ2v) is 5.36. The number of nitrogens with one attached hydrogen (secondary N) is 1. The Morgan fingerprint density at radius 2 is 2.45 bits per heavy atom. The van der Waals surface area contributed by atoms with Crippen molar-refractivity contribution in [1.29, 1.82) is 0 Å². The van der Waals surface area contributed by atoms with Crippen LogP contribution in [0.5, 0.6) is 0 Å². The van der Waals surface area contributed by atoms with Gasteiger partial charge in [-0.05, 0) is 11.6 Å². The highest BCUT2D eigenvalue weighted by molar-refractivity contribution is 8.13. The normalized spacial score (nSPS) is 15.7. The summed E-state index contributed by atoms with van der Waals surface area (Å²) in [6.45, 7) is 2.34. The van der Waals surface area contributed by atoms with Crippen LogP contribution < -0.4 is 5.32 Å². The lowest BCUT2D eigenvalue weighted by molar-refractivity contribution is 0.258. The second kappa shape index (κ2) is 6.53. The fourth-order valence-corrected chi connectivity index (χ4v) is 2.60. The van der Waals surface area contributed by atoms with Gasteiger partial charge in [-0.25, -0.2) is 9.98 Å². The van der Waals surface area contributed by atoms with Gasteiger partial charge in [0.05, 0.1) is 19.0 Å². The minimum absolute atomic E-state index is 0.697. The van der Waals surface area contributed by atoms with Crippen molar-refractivity contribution in [3.8, 4) is 0 Å². The van der Waals surface area contributed by atoms with E-state index in [0.717, 1.165) is 29.8 Å². The van der Waals surface area contributed by atoms with Crippen molar-refractivity contribution < 1.29 is 4.42 Å². The largest absolute Gasteiger partial charge is 0.451 e. The fourth-order valence-electron chi connectivity index (χ4n) is 1.85. The van der Waals surface area contributed by atoms with Gasteiger partial charge in [-0.2, -0.15) is 0 Å². The number of thioether (sulfide) groups is 1. The molecule has 104 valence electrons. The zero-order valence-electron chi connectivity index (χ0n) is 10.9. The van der Waals surface area contributed by atoms with Crippen LogP contribution in [0.1, 0.15) is 11.3 Å². The average molecular weight is 289 g/mol. The Morgan fingerprint density at radius 1 is 1.45 bits per heavy atom. The average Bonchev–Trinajstić information content (AvgIpc) is 3.01. The molecular weight excluding hydrogens is 274 g/mol. The maximum atomic E-state index is 4.94. The minimum Gasteiger partial charge on any atom is -0.451 e. The molecule has 0 saturated carbocycles. The highest BCUT2D eigenvalue weighted by Gasteiger charge is 2.13. The first kappa shape index (κ1) is 13.1. The molecule has 0 spiro atoms. The number of hydrogen-bond donors (Lipinski definition) is 1. The van der Waals surface area contributed by atoms with E-state index in [1.165, 1.54) is 12.0 Å². The van der Waals surface area contributed by atoms with Crippen LogP contribution in [-0.2, 0) is 12.3 Å². The maximum absolute atomic E-state index is 4.94. The van der Waals surface area contributed by atoms with Crippen LogP contribution in [0.25, 0.3) is 0 Å². The molecule has 0 saturated heterocycles. The predicted molar refractivity (Wildman–Crippen MR) is 77.9 cm³/mol. The predicted octanol–water partition coefficient (Wildman–Crippen LogP) is 1.68. The number of aromatic nitrogens is 2. The summed E-state index contributed by atoms with van der Waals surface area (Å²) in [6, 6.07) is 4.03. The van der Waals surface area contributed by atoms with E-state index in [1.54, 1.807) is 24.2 Å². The molecule has 20 heavy (non-hydrogen) atoms. The van der Waals surface area contributed by atoms with Crippen LogP contribution in [0.3, 0.4) is 0 Å². The third kappa shape index (κ3) is 3.58. The Balaban J connectivity index is 1.48. The molecule has 2 aromatic heterocycles. The smallest absolute Gasteiger partial charge is 0.180 e. The Labute approximate surface area is 121 Å². The summed E-state index contributed by atoms with van der Waals surface area (Å²) in [4.78, 5) is 14.9. The number of hydrogen-bond acceptors (Lipinski definition) is 7. The summed E-state index contributed by atoms with van der Waals surface area (Å²) in [5, 5.41) is 4.27. The highest BCUT2D eigenvalue weighted by atomic mass is 32.2. The summed E-state index contributed by atoms with van der Waals surface area (Å²) in [5.74, 6) is 0.769. The molecule has 7 heteroatoms. The van der Waals surface area contributed by atoms with E-state index in [2.05, 4.69) is 31.2 Å². The molecule has 0 aromatic carbocycles. The molecule has 0 radical (unpaired) electrons. The lowest BCUT2D eigenvalue weighted by Crippen LogP contribution is -2.41. The number of pyridine rings is 1. The lowest BCUT2D eigenvalue weighted by atomic mass is 10.3. The van der Waals surface area contributed by atoms with Crippen molar-refractivity contribution >= 4 is 16.9 Å².